The molecule has 0 spiro atoms. The number of hydrogen-bond donors (Lipinski definition) is 0. The minimum atomic E-state index is -1.13. The Bertz CT molecular complexity index is 292. The molecule has 0 bridgehead atoms. The molecule has 0 aromatic rings. The minimum absolute atomic E-state index is 0.114. The summed E-state index contributed by atoms with van der Waals surface area (Å²) in [6.07, 6.45) is 8.78. The molecule has 0 amide bonds. The van der Waals surface area contributed by atoms with Gasteiger partial charge in [-0.3, -0.25) is 0 Å². The highest BCUT2D eigenvalue weighted by Crippen LogP contribution is 2.27. The van der Waals surface area contributed by atoms with Crippen molar-refractivity contribution in [2.45, 2.75) is 117 Å². The van der Waals surface area contributed by atoms with Crippen LogP contribution in [0.1, 0.15) is 99.8 Å². The van der Waals surface area contributed by atoms with Gasteiger partial charge in [0.25, 0.3) is 0 Å². The third-order valence-corrected chi connectivity index (χ3v) is 4.38. The van der Waals surface area contributed by atoms with Crippen LogP contribution in [0.2, 0.25) is 0 Å². The molecule has 146 valence electrons. The van der Waals surface area contributed by atoms with Gasteiger partial charge in [0.2, 0.25) is 5.79 Å². The number of halogens is 1. The second-order valence-electron chi connectivity index (χ2n) is 8.03. The summed E-state index contributed by atoms with van der Waals surface area (Å²) in [5, 5.41) is 0. The van der Waals surface area contributed by atoms with E-state index in [-0.39, 0.29) is 17.1 Å². The van der Waals surface area contributed by atoms with Gasteiger partial charge >= 0.3 is 0 Å². The maximum Gasteiger partial charge on any atom is 0.244 e. The van der Waals surface area contributed by atoms with E-state index in [1.165, 1.54) is 25.7 Å². The lowest BCUT2D eigenvalue weighted by Gasteiger charge is -2.33. The standard InChI is InChI=1S/C19H39ClO4/c1-8-10-12-14-17(3,4)21-23-19(7,16-20)24-22-18(5,6)15-13-11-9-2/h8-16H2,1-7H3. The molecular weight excluding hydrogens is 328 g/mol. The fraction of sp³-hybridized carbons (Fsp3) is 1.00. The van der Waals surface area contributed by atoms with Crippen molar-refractivity contribution in [2.24, 2.45) is 0 Å². The van der Waals surface area contributed by atoms with Crippen LogP contribution in [0.3, 0.4) is 0 Å². The van der Waals surface area contributed by atoms with Crippen LogP contribution in [0.25, 0.3) is 0 Å². The van der Waals surface area contributed by atoms with Gasteiger partial charge in [-0.05, 0) is 47.5 Å². The Morgan fingerprint density at radius 2 is 1.00 bits per heavy atom. The predicted molar refractivity (Wildman–Crippen MR) is 99.9 cm³/mol. The van der Waals surface area contributed by atoms with E-state index in [2.05, 4.69) is 13.8 Å². The Labute approximate surface area is 154 Å². The average molecular weight is 367 g/mol. The molecule has 5 heteroatoms. The van der Waals surface area contributed by atoms with Crippen molar-refractivity contribution in [1.82, 2.24) is 0 Å². The fourth-order valence-electron chi connectivity index (χ4n) is 2.15. The van der Waals surface area contributed by atoms with Crippen LogP contribution >= 0.6 is 11.6 Å². The number of unbranched alkanes of at least 4 members (excludes halogenated alkanes) is 4. The molecule has 0 atom stereocenters. The van der Waals surface area contributed by atoms with E-state index in [0.717, 1.165) is 25.7 Å². The third-order valence-electron chi connectivity index (χ3n) is 3.89. The molecule has 0 heterocycles. The molecule has 0 aliphatic rings. The molecule has 0 aliphatic heterocycles. The van der Waals surface area contributed by atoms with Gasteiger partial charge < -0.3 is 0 Å². The van der Waals surface area contributed by atoms with Gasteiger partial charge in [-0.2, -0.15) is 9.78 Å². The van der Waals surface area contributed by atoms with Crippen molar-refractivity contribution in [3.05, 3.63) is 0 Å². The Kier molecular flexibility index (Phi) is 11.8. The van der Waals surface area contributed by atoms with E-state index >= 15 is 0 Å². The van der Waals surface area contributed by atoms with Crippen LogP contribution in [0.5, 0.6) is 0 Å². The van der Waals surface area contributed by atoms with E-state index in [0.29, 0.717) is 0 Å². The van der Waals surface area contributed by atoms with E-state index in [9.17, 15) is 0 Å². The van der Waals surface area contributed by atoms with Gasteiger partial charge in [0.15, 0.2) is 0 Å². The summed E-state index contributed by atoms with van der Waals surface area (Å²) in [5.41, 5.74) is -0.773. The average Bonchev–Trinajstić information content (AvgIpc) is 2.52. The van der Waals surface area contributed by atoms with Crippen molar-refractivity contribution in [3.63, 3.8) is 0 Å². The third kappa shape index (κ3) is 11.6. The van der Waals surface area contributed by atoms with Crippen molar-refractivity contribution in [3.8, 4) is 0 Å². The first-order chi connectivity index (χ1) is 11.1. The molecule has 0 unspecified atom stereocenters. The quantitative estimate of drug-likeness (QED) is 0.108. The van der Waals surface area contributed by atoms with Crippen LogP contribution < -0.4 is 0 Å². The normalized spacial score (nSPS) is 13.5. The van der Waals surface area contributed by atoms with Gasteiger partial charge in [0.05, 0.1) is 17.1 Å². The van der Waals surface area contributed by atoms with E-state index in [1.807, 2.05) is 27.7 Å². The zero-order valence-corrected chi connectivity index (χ0v) is 17.6. The van der Waals surface area contributed by atoms with Crippen LogP contribution in [0, 0.1) is 0 Å². The highest BCUT2D eigenvalue weighted by Gasteiger charge is 2.34. The monoisotopic (exact) mass is 366 g/mol. The van der Waals surface area contributed by atoms with E-state index in [1.54, 1.807) is 6.92 Å². The summed E-state index contributed by atoms with van der Waals surface area (Å²) in [4.78, 5) is 22.2. The smallest absolute Gasteiger partial charge is 0.228 e. The Hall–Kier alpha value is 0.130. The zero-order valence-electron chi connectivity index (χ0n) is 16.9. The van der Waals surface area contributed by atoms with Crippen molar-refractivity contribution in [2.75, 3.05) is 5.88 Å². The van der Waals surface area contributed by atoms with Gasteiger partial charge in [-0.25, -0.2) is 9.78 Å². The maximum absolute atomic E-state index is 6.01. The Morgan fingerprint density at radius 3 is 1.29 bits per heavy atom. The highest BCUT2D eigenvalue weighted by atomic mass is 35.5. The molecule has 0 N–H and O–H groups in total. The first kappa shape index (κ1) is 24.1. The van der Waals surface area contributed by atoms with Crippen molar-refractivity contribution >= 4 is 11.6 Å². The summed E-state index contributed by atoms with van der Waals surface area (Å²) in [7, 11) is 0. The molecular formula is C19H39ClO4. The van der Waals surface area contributed by atoms with Crippen LogP contribution in [0.4, 0.5) is 0 Å². The van der Waals surface area contributed by atoms with E-state index in [4.69, 9.17) is 31.2 Å². The van der Waals surface area contributed by atoms with Crippen LogP contribution in [-0.2, 0) is 19.6 Å². The number of alkyl halides is 1. The first-order valence-electron chi connectivity index (χ1n) is 9.39. The lowest BCUT2D eigenvalue weighted by molar-refractivity contribution is -0.533. The summed E-state index contributed by atoms with van der Waals surface area (Å²) in [5.74, 6) is -1.02. The summed E-state index contributed by atoms with van der Waals surface area (Å²) < 4.78 is 0. The molecule has 0 radical (unpaired) electrons. The minimum Gasteiger partial charge on any atom is -0.228 e. The van der Waals surface area contributed by atoms with Gasteiger partial charge in [0, 0.05) is 0 Å². The molecule has 0 saturated heterocycles. The second kappa shape index (κ2) is 11.7. The van der Waals surface area contributed by atoms with Crippen LogP contribution in [-0.4, -0.2) is 22.9 Å². The van der Waals surface area contributed by atoms with Gasteiger partial charge in [0.1, 0.15) is 0 Å². The fourth-order valence-corrected chi connectivity index (χ4v) is 2.23. The van der Waals surface area contributed by atoms with E-state index < -0.39 is 5.79 Å². The number of rotatable bonds is 15. The first-order valence-corrected chi connectivity index (χ1v) is 9.93. The summed E-state index contributed by atoms with van der Waals surface area (Å²) in [6, 6.07) is 0. The lowest BCUT2D eigenvalue weighted by Crippen LogP contribution is -2.41. The number of hydrogen-bond acceptors (Lipinski definition) is 4. The summed E-state index contributed by atoms with van der Waals surface area (Å²) >= 11 is 6.01. The van der Waals surface area contributed by atoms with Crippen LogP contribution in [0.15, 0.2) is 0 Å². The zero-order chi connectivity index (χ0) is 18.7. The van der Waals surface area contributed by atoms with Crippen molar-refractivity contribution in [1.29, 1.82) is 0 Å². The lowest BCUT2D eigenvalue weighted by atomic mass is 10.0. The molecule has 0 aromatic carbocycles. The molecule has 0 aliphatic carbocycles. The topological polar surface area (TPSA) is 36.9 Å². The molecule has 4 nitrogen and oxygen atoms in total. The molecule has 0 saturated carbocycles. The largest absolute Gasteiger partial charge is 0.244 e. The molecule has 0 aromatic heterocycles. The maximum atomic E-state index is 6.01. The predicted octanol–water partition coefficient (Wildman–Crippen LogP) is 6.56. The van der Waals surface area contributed by atoms with Gasteiger partial charge in [-0.15, -0.1) is 11.6 Å². The summed E-state index contributed by atoms with van der Waals surface area (Å²) in [6.45, 7) is 14.1. The molecule has 0 fully saturated rings. The highest BCUT2D eigenvalue weighted by molar-refractivity contribution is 6.18. The van der Waals surface area contributed by atoms with Crippen molar-refractivity contribution < 1.29 is 19.6 Å². The SMILES string of the molecule is CCCCCC(C)(C)OOC(C)(CCl)OOC(C)(C)CCCCC. The molecule has 0 rings (SSSR count). The second-order valence-corrected chi connectivity index (χ2v) is 8.30. The van der Waals surface area contributed by atoms with Gasteiger partial charge in [-0.1, -0.05) is 52.4 Å². The molecule has 24 heavy (non-hydrogen) atoms. The Balaban J connectivity index is 4.36. The Morgan fingerprint density at radius 1 is 0.625 bits per heavy atom.